The Morgan fingerprint density at radius 1 is 0.839 bits per heavy atom. The summed E-state index contributed by atoms with van der Waals surface area (Å²) in [7, 11) is 0. The van der Waals surface area contributed by atoms with E-state index in [0.29, 0.717) is 17.1 Å². The minimum Gasteiger partial charge on any atom is -0.451 e. The van der Waals surface area contributed by atoms with Gasteiger partial charge in [0.25, 0.3) is 0 Å². The van der Waals surface area contributed by atoms with Crippen molar-refractivity contribution in [3.05, 3.63) is 84.2 Å². The standard InChI is InChI=1S/C21H12F4N4O2/c22-11-2-1-3-12(8-11)28-21(30)29-17-10-14(23)20(19(25)18(17)24)31-13-4-5-15-16(9-13)27-7-6-26-15/h1-10H,(H2,28,29,30). The van der Waals surface area contributed by atoms with Crippen molar-refractivity contribution in [3.63, 3.8) is 0 Å². The monoisotopic (exact) mass is 428 g/mol. The van der Waals surface area contributed by atoms with E-state index in [9.17, 15) is 22.4 Å². The average Bonchev–Trinajstić information content (AvgIpc) is 2.75. The second-order valence-electron chi connectivity index (χ2n) is 6.26. The smallest absolute Gasteiger partial charge is 0.323 e. The molecule has 0 bridgehead atoms. The lowest BCUT2D eigenvalue weighted by Crippen LogP contribution is -2.20. The third kappa shape index (κ3) is 4.37. The van der Waals surface area contributed by atoms with Crippen LogP contribution < -0.4 is 15.4 Å². The van der Waals surface area contributed by atoms with Crippen molar-refractivity contribution >= 4 is 28.4 Å². The fourth-order valence-corrected chi connectivity index (χ4v) is 2.74. The van der Waals surface area contributed by atoms with Crippen LogP contribution in [0.4, 0.5) is 33.7 Å². The molecule has 0 atom stereocenters. The van der Waals surface area contributed by atoms with Gasteiger partial charge in [0.15, 0.2) is 11.6 Å². The summed E-state index contributed by atoms with van der Waals surface area (Å²) >= 11 is 0. The quantitative estimate of drug-likeness (QED) is 0.327. The molecule has 2 N–H and O–H groups in total. The van der Waals surface area contributed by atoms with E-state index in [2.05, 4.69) is 15.3 Å². The van der Waals surface area contributed by atoms with Crippen molar-refractivity contribution in [2.45, 2.75) is 0 Å². The highest BCUT2D eigenvalue weighted by atomic mass is 19.2. The molecule has 0 aliphatic heterocycles. The van der Waals surface area contributed by atoms with Crippen LogP contribution in [-0.2, 0) is 0 Å². The first-order valence-electron chi connectivity index (χ1n) is 8.80. The Bertz CT molecular complexity index is 1300. The molecule has 0 aliphatic carbocycles. The predicted octanol–water partition coefficient (Wildman–Crippen LogP) is 5.62. The van der Waals surface area contributed by atoms with Gasteiger partial charge in [-0.1, -0.05) is 6.07 Å². The van der Waals surface area contributed by atoms with Gasteiger partial charge in [0, 0.05) is 30.2 Å². The van der Waals surface area contributed by atoms with Crippen molar-refractivity contribution in [3.8, 4) is 11.5 Å². The van der Waals surface area contributed by atoms with E-state index in [1.165, 1.54) is 42.7 Å². The number of anilines is 2. The first-order valence-corrected chi connectivity index (χ1v) is 8.80. The average molecular weight is 428 g/mol. The fraction of sp³-hybridized carbons (Fsp3) is 0. The number of benzene rings is 3. The third-order valence-corrected chi connectivity index (χ3v) is 4.11. The van der Waals surface area contributed by atoms with E-state index < -0.39 is 40.7 Å². The highest BCUT2D eigenvalue weighted by Crippen LogP contribution is 2.33. The number of nitrogens with zero attached hydrogens (tertiary/aromatic N) is 2. The van der Waals surface area contributed by atoms with Crippen molar-refractivity contribution in [2.75, 3.05) is 10.6 Å². The van der Waals surface area contributed by atoms with E-state index in [4.69, 9.17) is 4.74 Å². The van der Waals surface area contributed by atoms with Gasteiger partial charge in [-0.05, 0) is 30.3 Å². The Morgan fingerprint density at radius 2 is 1.61 bits per heavy atom. The Hall–Kier alpha value is -4.21. The normalized spacial score (nSPS) is 10.7. The number of hydrogen-bond acceptors (Lipinski definition) is 4. The lowest BCUT2D eigenvalue weighted by Gasteiger charge is -2.13. The number of aromatic nitrogens is 2. The molecule has 3 aromatic carbocycles. The zero-order valence-electron chi connectivity index (χ0n) is 15.5. The van der Waals surface area contributed by atoms with Gasteiger partial charge in [0.2, 0.25) is 11.6 Å². The summed E-state index contributed by atoms with van der Waals surface area (Å²) in [6.45, 7) is 0. The molecule has 4 rings (SSSR count). The summed E-state index contributed by atoms with van der Waals surface area (Å²) in [5, 5.41) is 4.20. The summed E-state index contributed by atoms with van der Waals surface area (Å²) in [6.07, 6.45) is 2.91. The summed E-state index contributed by atoms with van der Waals surface area (Å²) in [6, 6.07) is 8.75. The Morgan fingerprint density at radius 3 is 2.39 bits per heavy atom. The van der Waals surface area contributed by atoms with E-state index in [0.717, 1.165) is 12.1 Å². The molecule has 1 heterocycles. The summed E-state index contributed by atoms with van der Waals surface area (Å²) in [5.41, 5.74) is 0.248. The number of hydrogen-bond donors (Lipinski definition) is 2. The second-order valence-corrected chi connectivity index (χ2v) is 6.26. The maximum atomic E-state index is 14.5. The van der Waals surface area contributed by atoms with Crippen LogP contribution in [0.5, 0.6) is 11.5 Å². The van der Waals surface area contributed by atoms with Crippen LogP contribution in [0, 0.1) is 23.3 Å². The van der Waals surface area contributed by atoms with Crippen LogP contribution in [0.1, 0.15) is 0 Å². The van der Waals surface area contributed by atoms with Crippen LogP contribution in [-0.4, -0.2) is 16.0 Å². The topological polar surface area (TPSA) is 76.1 Å². The van der Waals surface area contributed by atoms with Crippen LogP contribution in [0.3, 0.4) is 0 Å². The maximum absolute atomic E-state index is 14.5. The summed E-state index contributed by atoms with van der Waals surface area (Å²) in [5.74, 6) is -6.01. The van der Waals surface area contributed by atoms with Crippen molar-refractivity contribution < 1.29 is 27.1 Å². The molecule has 0 aliphatic rings. The van der Waals surface area contributed by atoms with Crippen molar-refractivity contribution in [2.24, 2.45) is 0 Å². The number of ether oxygens (including phenoxy) is 1. The first-order chi connectivity index (χ1) is 14.9. The van der Waals surface area contributed by atoms with Gasteiger partial charge in [-0.25, -0.2) is 18.0 Å². The molecule has 0 spiro atoms. The molecule has 156 valence electrons. The molecule has 0 saturated carbocycles. The number of fused-ring (bicyclic) bond motifs is 1. The lowest BCUT2D eigenvalue weighted by atomic mass is 10.2. The van der Waals surface area contributed by atoms with Crippen LogP contribution in [0.25, 0.3) is 11.0 Å². The highest BCUT2D eigenvalue weighted by molar-refractivity contribution is 5.99. The van der Waals surface area contributed by atoms with E-state index in [1.54, 1.807) is 0 Å². The molecule has 0 radical (unpaired) electrons. The molecule has 0 fully saturated rings. The molecule has 2 amide bonds. The van der Waals surface area contributed by atoms with E-state index in [1.807, 2.05) is 5.32 Å². The van der Waals surface area contributed by atoms with Gasteiger partial charge in [-0.15, -0.1) is 0 Å². The molecule has 4 aromatic rings. The predicted molar refractivity (Wildman–Crippen MR) is 105 cm³/mol. The SMILES string of the molecule is O=C(Nc1cccc(F)c1)Nc1cc(F)c(Oc2ccc3nccnc3c2)c(F)c1F. The number of urea groups is 1. The van der Waals surface area contributed by atoms with Gasteiger partial charge in [-0.2, -0.15) is 4.39 Å². The Kier molecular flexibility index (Phi) is 5.35. The zero-order chi connectivity index (χ0) is 22.0. The Balaban J connectivity index is 1.55. The molecule has 0 unspecified atom stereocenters. The van der Waals surface area contributed by atoms with Crippen LogP contribution in [0.2, 0.25) is 0 Å². The van der Waals surface area contributed by atoms with Gasteiger partial charge >= 0.3 is 6.03 Å². The largest absolute Gasteiger partial charge is 0.451 e. The molecule has 1 aromatic heterocycles. The molecule has 0 saturated heterocycles. The molecule has 31 heavy (non-hydrogen) atoms. The number of amides is 2. The molecule has 10 heteroatoms. The minimum atomic E-state index is -1.64. The molecular weight excluding hydrogens is 416 g/mol. The summed E-state index contributed by atoms with van der Waals surface area (Å²) < 4.78 is 61.7. The zero-order valence-corrected chi connectivity index (χ0v) is 15.5. The number of nitrogens with one attached hydrogen (secondary N) is 2. The first kappa shape index (κ1) is 20.1. The number of rotatable bonds is 4. The number of carbonyl (C=O) groups excluding carboxylic acids is 1. The van der Waals surface area contributed by atoms with Gasteiger partial charge in [0.1, 0.15) is 11.6 Å². The number of carbonyl (C=O) groups is 1. The lowest BCUT2D eigenvalue weighted by molar-refractivity contribution is 0.262. The fourth-order valence-electron chi connectivity index (χ4n) is 2.74. The van der Waals surface area contributed by atoms with E-state index >= 15 is 0 Å². The highest BCUT2D eigenvalue weighted by Gasteiger charge is 2.22. The minimum absolute atomic E-state index is 0.00903. The van der Waals surface area contributed by atoms with Gasteiger partial charge < -0.3 is 15.4 Å². The second kappa shape index (κ2) is 8.27. The van der Waals surface area contributed by atoms with Crippen molar-refractivity contribution in [1.29, 1.82) is 0 Å². The number of halogens is 4. The van der Waals surface area contributed by atoms with Crippen LogP contribution in [0.15, 0.2) is 60.9 Å². The summed E-state index contributed by atoms with van der Waals surface area (Å²) in [4.78, 5) is 20.1. The van der Waals surface area contributed by atoms with Gasteiger partial charge in [0.05, 0.1) is 16.7 Å². The van der Waals surface area contributed by atoms with E-state index in [-0.39, 0.29) is 11.4 Å². The molecule has 6 nitrogen and oxygen atoms in total. The Labute approximate surface area is 172 Å². The molecular formula is C21H12F4N4O2. The van der Waals surface area contributed by atoms with Gasteiger partial charge in [-0.3, -0.25) is 9.97 Å². The maximum Gasteiger partial charge on any atom is 0.323 e. The van der Waals surface area contributed by atoms with Crippen LogP contribution >= 0.6 is 0 Å². The van der Waals surface area contributed by atoms with Crippen molar-refractivity contribution in [1.82, 2.24) is 9.97 Å². The third-order valence-electron chi connectivity index (χ3n) is 4.11.